The second-order valence-corrected chi connectivity index (χ2v) is 3.25. The van der Waals surface area contributed by atoms with E-state index in [2.05, 4.69) is 0 Å². The third-order valence-electron chi connectivity index (χ3n) is 2.20. The van der Waals surface area contributed by atoms with Crippen LogP contribution in [0.25, 0.3) is 0 Å². The van der Waals surface area contributed by atoms with Gasteiger partial charge in [-0.2, -0.15) is 5.26 Å². The fourth-order valence-corrected chi connectivity index (χ4v) is 1.43. The standard InChI is InChI=1S/C11H14N2O2/c1-2-15-11(14)9(7-12)6-8-4-3-5-10(8)13/h5-6,9H,2-4,13H2,1H3. The summed E-state index contributed by atoms with van der Waals surface area (Å²) in [6, 6.07) is 1.90. The van der Waals surface area contributed by atoms with Crippen molar-refractivity contribution in [1.29, 1.82) is 5.26 Å². The van der Waals surface area contributed by atoms with Crippen molar-refractivity contribution in [2.24, 2.45) is 11.7 Å². The van der Waals surface area contributed by atoms with Crippen molar-refractivity contribution < 1.29 is 9.53 Å². The lowest BCUT2D eigenvalue weighted by atomic mass is 10.1. The van der Waals surface area contributed by atoms with E-state index in [9.17, 15) is 4.79 Å². The van der Waals surface area contributed by atoms with Crippen LogP contribution >= 0.6 is 0 Å². The minimum Gasteiger partial charge on any atom is -0.465 e. The Balaban J connectivity index is 2.73. The molecular formula is C11H14N2O2. The van der Waals surface area contributed by atoms with Crippen molar-refractivity contribution in [3.63, 3.8) is 0 Å². The molecule has 1 rings (SSSR count). The van der Waals surface area contributed by atoms with Crippen LogP contribution in [-0.4, -0.2) is 12.6 Å². The van der Waals surface area contributed by atoms with Crippen LogP contribution in [0.2, 0.25) is 0 Å². The van der Waals surface area contributed by atoms with Crippen LogP contribution < -0.4 is 5.73 Å². The van der Waals surface area contributed by atoms with Gasteiger partial charge in [-0.15, -0.1) is 0 Å². The van der Waals surface area contributed by atoms with E-state index in [0.717, 1.165) is 18.4 Å². The second-order valence-electron chi connectivity index (χ2n) is 3.25. The number of esters is 1. The first-order valence-corrected chi connectivity index (χ1v) is 4.92. The number of carbonyl (C=O) groups is 1. The Kier molecular flexibility index (Phi) is 3.92. The number of nitriles is 1. The highest BCUT2D eigenvalue weighted by Crippen LogP contribution is 2.22. The Hall–Kier alpha value is -1.76. The molecule has 4 heteroatoms. The van der Waals surface area contributed by atoms with Crippen LogP contribution in [0.3, 0.4) is 0 Å². The van der Waals surface area contributed by atoms with Gasteiger partial charge in [-0.3, -0.25) is 4.79 Å². The van der Waals surface area contributed by atoms with Crippen LogP contribution in [0.5, 0.6) is 0 Å². The number of hydrogen-bond acceptors (Lipinski definition) is 4. The minimum absolute atomic E-state index is 0.283. The molecule has 0 aromatic rings. The van der Waals surface area contributed by atoms with Gasteiger partial charge in [-0.25, -0.2) is 0 Å². The Morgan fingerprint density at radius 2 is 2.60 bits per heavy atom. The minimum atomic E-state index is -0.843. The quantitative estimate of drug-likeness (QED) is 0.705. The summed E-state index contributed by atoms with van der Waals surface area (Å²) in [4.78, 5) is 11.3. The Morgan fingerprint density at radius 1 is 1.87 bits per heavy atom. The Labute approximate surface area is 89.0 Å². The number of ether oxygens (including phenoxy) is 1. The predicted molar refractivity (Wildman–Crippen MR) is 55.3 cm³/mol. The smallest absolute Gasteiger partial charge is 0.327 e. The fraction of sp³-hybridized carbons (Fsp3) is 0.455. The van der Waals surface area contributed by atoms with Gasteiger partial charge in [-0.05, 0) is 25.3 Å². The Morgan fingerprint density at radius 3 is 3.07 bits per heavy atom. The molecule has 0 aromatic carbocycles. The van der Waals surface area contributed by atoms with E-state index in [1.807, 2.05) is 12.1 Å². The highest BCUT2D eigenvalue weighted by atomic mass is 16.5. The van der Waals surface area contributed by atoms with Crippen molar-refractivity contribution in [3.8, 4) is 6.07 Å². The summed E-state index contributed by atoms with van der Waals surface area (Å²) < 4.78 is 4.77. The van der Waals surface area contributed by atoms with E-state index in [4.69, 9.17) is 15.7 Å². The zero-order valence-corrected chi connectivity index (χ0v) is 8.69. The third-order valence-corrected chi connectivity index (χ3v) is 2.20. The number of hydrogen-bond donors (Lipinski definition) is 1. The van der Waals surface area contributed by atoms with Crippen LogP contribution in [0, 0.1) is 17.2 Å². The average molecular weight is 206 g/mol. The molecule has 0 saturated carbocycles. The summed E-state index contributed by atoms with van der Waals surface area (Å²) >= 11 is 0. The van der Waals surface area contributed by atoms with Crippen LogP contribution in [0.1, 0.15) is 19.8 Å². The van der Waals surface area contributed by atoms with E-state index >= 15 is 0 Å². The molecule has 0 radical (unpaired) electrons. The van der Waals surface area contributed by atoms with Crippen molar-refractivity contribution in [2.75, 3.05) is 6.61 Å². The normalized spacial score (nSPS) is 19.5. The van der Waals surface area contributed by atoms with Gasteiger partial charge in [0.1, 0.15) is 0 Å². The van der Waals surface area contributed by atoms with Gasteiger partial charge in [0.15, 0.2) is 5.92 Å². The molecule has 0 saturated heterocycles. The number of nitrogens with zero attached hydrogens (tertiary/aromatic N) is 1. The van der Waals surface area contributed by atoms with E-state index in [1.165, 1.54) is 0 Å². The maximum atomic E-state index is 11.3. The first-order valence-electron chi connectivity index (χ1n) is 4.92. The number of allylic oxidation sites excluding steroid dienone is 2. The highest BCUT2D eigenvalue weighted by Gasteiger charge is 2.19. The van der Waals surface area contributed by atoms with Crippen molar-refractivity contribution in [3.05, 3.63) is 23.4 Å². The van der Waals surface area contributed by atoms with Gasteiger partial charge in [0.05, 0.1) is 12.7 Å². The molecule has 2 N–H and O–H groups in total. The van der Waals surface area contributed by atoms with Gasteiger partial charge >= 0.3 is 5.97 Å². The van der Waals surface area contributed by atoms with E-state index in [-0.39, 0.29) is 6.61 Å². The number of rotatable bonds is 3. The fourth-order valence-electron chi connectivity index (χ4n) is 1.43. The van der Waals surface area contributed by atoms with E-state index < -0.39 is 11.9 Å². The van der Waals surface area contributed by atoms with Gasteiger partial charge in [0, 0.05) is 5.70 Å². The van der Waals surface area contributed by atoms with Gasteiger partial charge in [-0.1, -0.05) is 12.2 Å². The van der Waals surface area contributed by atoms with Crippen molar-refractivity contribution in [1.82, 2.24) is 0 Å². The molecule has 0 aliphatic heterocycles. The number of nitrogens with two attached hydrogens (primary N) is 1. The maximum Gasteiger partial charge on any atom is 0.327 e. The van der Waals surface area contributed by atoms with Gasteiger partial charge in [0.25, 0.3) is 0 Å². The molecule has 0 aromatic heterocycles. The molecule has 0 spiro atoms. The van der Waals surface area contributed by atoms with Crippen LogP contribution in [-0.2, 0) is 9.53 Å². The lowest BCUT2D eigenvalue weighted by Gasteiger charge is -2.05. The molecule has 0 fully saturated rings. The average Bonchev–Trinajstić information content (AvgIpc) is 2.61. The summed E-state index contributed by atoms with van der Waals surface area (Å²) in [5.41, 5.74) is 7.22. The topological polar surface area (TPSA) is 76.1 Å². The SMILES string of the molecule is CCOC(=O)C(C#N)C=C1CCC=C1N. The molecule has 80 valence electrons. The van der Waals surface area contributed by atoms with Crippen LogP contribution in [0.15, 0.2) is 23.4 Å². The summed E-state index contributed by atoms with van der Waals surface area (Å²) in [7, 11) is 0. The first-order chi connectivity index (χ1) is 7.19. The lowest BCUT2D eigenvalue weighted by molar-refractivity contribution is -0.144. The van der Waals surface area contributed by atoms with E-state index in [1.54, 1.807) is 13.0 Å². The molecule has 1 aliphatic carbocycles. The molecule has 1 atom stereocenters. The molecule has 1 aliphatic rings. The third kappa shape index (κ3) is 2.84. The van der Waals surface area contributed by atoms with Crippen LogP contribution in [0.4, 0.5) is 0 Å². The van der Waals surface area contributed by atoms with E-state index in [0.29, 0.717) is 5.70 Å². The molecule has 1 unspecified atom stereocenters. The van der Waals surface area contributed by atoms with Gasteiger partial charge in [0.2, 0.25) is 0 Å². The molecule has 0 amide bonds. The zero-order chi connectivity index (χ0) is 11.3. The molecule has 4 nitrogen and oxygen atoms in total. The van der Waals surface area contributed by atoms with Crippen molar-refractivity contribution >= 4 is 5.97 Å². The molecular weight excluding hydrogens is 192 g/mol. The first kappa shape index (κ1) is 11.3. The van der Waals surface area contributed by atoms with Crippen molar-refractivity contribution in [2.45, 2.75) is 19.8 Å². The number of carbonyl (C=O) groups excluding carboxylic acids is 1. The highest BCUT2D eigenvalue weighted by molar-refractivity contribution is 5.77. The Bertz CT molecular complexity index is 350. The summed E-state index contributed by atoms with van der Waals surface area (Å²) in [5.74, 6) is -1.35. The second kappa shape index (κ2) is 5.20. The summed E-state index contributed by atoms with van der Waals surface area (Å²) in [5, 5.41) is 8.81. The predicted octanol–water partition coefficient (Wildman–Crippen LogP) is 1.25. The maximum absolute atomic E-state index is 11.3. The summed E-state index contributed by atoms with van der Waals surface area (Å²) in [6.45, 7) is 1.99. The largest absolute Gasteiger partial charge is 0.465 e. The molecule has 0 bridgehead atoms. The zero-order valence-electron chi connectivity index (χ0n) is 8.69. The molecule has 15 heavy (non-hydrogen) atoms. The molecule has 0 heterocycles. The lowest BCUT2D eigenvalue weighted by Crippen LogP contribution is -2.15. The monoisotopic (exact) mass is 206 g/mol. The summed E-state index contributed by atoms with van der Waals surface area (Å²) in [6.07, 6.45) is 5.16. The van der Waals surface area contributed by atoms with Gasteiger partial charge < -0.3 is 10.5 Å².